The molecule has 0 radical (unpaired) electrons. The summed E-state index contributed by atoms with van der Waals surface area (Å²) in [4.78, 5) is 9.79. The Labute approximate surface area is 518 Å². The molecule has 3 rings (SSSR count). The van der Waals surface area contributed by atoms with Crippen molar-refractivity contribution >= 4 is 23.3 Å². The molecule has 0 N–H and O–H groups in total. The maximum absolute atomic E-state index is 10.5. The molecular formula is C77H122N2NiO2. The first-order valence-corrected chi connectivity index (χ1v) is 34.7. The van der Waals surface area contributed by atoms with Gasteiger partial charge in [0.2, 0.25) is 0 Å². The molecule has 0 saturated carbocycles. The molecule has 0 aromatic heterocycles. The molecule has 5 heteroatoms. The molecule has 462 valence electrons. The normalized spacial score (nSPS) is 11.2. The number of hydrogen-bond donors (Lipinski definition) is 0. The zero-order valence-electron chi connectivity index (χ0n) is 53.6. The van der Waals surface area contributed by atoms with Crippen LogP contribution in [0.25, 0.3) is 0 Å². The molecule has 0 unspecified atom stereocenters. The van der Waals surface area contributed by atoms with Crippen molar-refractivity contribution in [3.05, 3.63) is 83.4 Å². The van der Waals surface area contributed by atoms with Crippen LogP contribution in [0.3, 0.4) is 0 Å². The van der Waals surface area contributed by atoms with Crippen molar-refractivity contribution in [2.75, 3.05) is 0 Å². The molecule has 0 amide bonds. The van der Waals surface area contributed by atoms with Crippen molar-refractivity contribution in [1.82, 2.24) is 0 Å². The van der Waals surface area contributed by atoms with E-state index in [-0.39, 0.29) is 16.5 Å². The van der Waals surface area contributed by atoms with Crippen molar-refractivity contribution in [2.45, 2.75) is 342 Å². The van der Waals surface area contributed by atoms with Gasteiger partial charge in [0, 0.05) is 30.2 Å². The quantitative estimate of drug-likeness (QED) is 0.0245. The van der Waals surface area contributed by atoms with E-state index < -0.39 is 11.5 Å². The van der Waals surface area contributed by atoms with E-state index in [9.17, 15) is 10.2 Å². The molecule has 0 atom stereocenters. The average Bonchev–Trinajstić information content (AvgIpc) is 3.48. The second-order valence-corrected chi connectivity index (χ2v) is 24.0. The van der Waals surface area contributed by atoms with Gasteiger partial charge in [0.25, 0.3) is 0 Å². The minimum absolute atomic E-state index is 0. The molecule has 0 fully saturated rings. The fourth-order valence-electron chi connectivity index (χ4n) is 10.7. The van der Waals surface area contributed by atoms with Crippen LogP contribution in [0.1, 0.15) is 352 Å². The standard InChI is InChI=1S/C70H116N2.C7H8O2.Ni/c1-4-7-10-12-14-16-18-20-22-24-26-28-30-32-34-36-38-40-42-44-46-48-50-52-54-66-57-61-68(62-58-66)71-65-70(56-9-6-3)72-69-63-59-67(60-64-69)55-53-51-49-47-45-43-41-39-37-35-33-31-29-27-25-23-21-19-17-15-13-11-8-5-2;1-5-2-3-6(8)7(9)4-5;/h57-65H,4-51,56H2,1-3H3;2-4,8-9H,1H3;/q;;+2/p-2. The summed E-state index contributed by atoms with van der Waals surface area (Å²) < 4.78 is 0. The summed E-state index contributed by atoms with van der Waals surface area (Å²) in [5.74, 6) is 12.7. The molecule has 0 aliphatic heterocycles. The van der Waals surface area contributed by atoms with E-state index in [2.05, 4.69) is 93.0 Å². The van der Waals surface area contributed by atoms with Gasteiger partial charge in [0.05, 0.1) is 17.1 Å². The van der Waals surface area contributed by atoms with Crippen LogP contribution in [0.5, 0.6) is 11.5 Å². The van der Waals surface area contributed by atoms with Gasteiger partial charge in [-0.3, -0.25) is 9.98 Å². The Morgan fingerprint density at radius 2 is 0.646 bits per heavy atom. The number of rotatable bonds is 50. The predicted octanol–water partition coefficient (Wildman–Crippen LogP) is 24.2. The largest absolute Gasteiger partial charge is 2.00 e. The number of aliphatic imine (C=N–C) groups is 2. The number of nitrogens with zero attached hydrogens (tertiary/aromatic N) is 2. The molecule has 82 heavy (non-hydrogen) atoms. The molecule has 0 aliphatic carbocycles. The van der Waals surface area contributed by atoms with Crippen molar-refractivity contribution in [1.29, 1.82) is 0 Å². The fourth-order valence-corrected chi connectivity index (χ4v) is 10.7. The Kier molecular flexibility index (Phi) is 54.8. The van der Waals surface area contributed by atoms with Crippen LogP contribution in [0.2, 0.25) is 0 Å². The number of hydrogen-bond acceptors (Lipinski definition) is 4. The Morgan fingerprint density at radius 1 is 0.354 bits per heavy atom. The number of benzene rings is 3. The van der Waals surface area contributed by atoms with Crippen LogP contribution in [0.15, 0.2) is 76.7 Å². The van der Waals surface area contributed by atoms with Gasteiger partial charge in [0.1, 0.15) is 0 Å². The third kappa shape index (κ3) is 48.6. The van der Waals surface area contributed by atoms with E-state index in [1.54, 1.807) is 13.0 Å². The van der Waals surface area contributed by atoms with E-state index in [1.165, 1.54) is 295 Å². The molecular weight excluding hydrogens is 1040 g/mol. The summed E-state index contributed by atoms with van der Waals surface area (Å²) in [6.45, 7) is 8.62. The van der Waals surface area contributed by atoms with E-state index in [1.807, 2.05) is 6.21 Å². The van der Waals surface area contributed by atoms with Gasteiger partial charge in [-0.25, -0.2) is 0 Å². The molecule has 3 aromatic rings. The van der Waals surface area contributed by atoms with E-state index in [4.69, 9.17) is 9.98 Å². The van der Waals surface area contributed by atoms with E-state index in [0.717, 1.165) is 65.9 Å². The minimum atomic E-state index is -0.430. The first-order chi connectivity index (χ1) is 39.9. The van der Waals surface area contributed by atoms with Crippen molar-refractivity contribution in [3.63, 3.8) is 0 Å². The van der Waals surface area contributed by atoms with Gasteiger partial charge in [-0.05, 0) is 81.1 Å². The van der Waals surface area contributed by atoms with Crippen LogP contribution in [0, 0.1) is 30.6 Å². The topological polar surface area (TPSA) is 70.8 Å². The maximum atomic E-state index is 10.5. The molecule has 0 bridgehead atoms. The number of unbranched alkanes of at least 4 members (excludes halogenated alkanes) is 45. The summed E-state index contributed by atoms with van der Waals surface area (Å²) in [6.07, 6.45) is 69.8. The van der Waals surface area contributed by atoms with Gasteiger partial charge in [0.15, 0.2) is 0 Å². The zero-order valence-corrected chi connectivity index (χ0v) is 54.6. The summed E-state index contributed by atoms with van der Waals surface area (Å²) in [5.41, 5.74) is 5.91. The first kappa shape index (κ1) is 76.2. The smallest absolute Gasteiger partial charge is 0.873 e. The van der Waals surface area contributed by atoms with Crippen LogP contribution >= 0.6 is 0 Å². The molecule has 0 spiro atoms. The van der Waals surface area contributed by atoms with Gasteiger partial charge in [-0.1, -0.05) is 344 Å². The minimum Gasteiger partial charge on any atom is -0.873 e. The van der Waals surface area contributed by atoms with Gasteiger partial charge >= 0.3 is 16.5 Å². The molecule has 3 aromatic carbocycles. The van der Waals surface area contributed by atoms with Gasteiger partial charge < -0.3 is 10.2 Å². The van der Waals surface area contributed by atoms with Crippen molar-refractivity contribution in [3.8, 4) is 35.2 Å². The maximum Gasteiger partial charge on any atom is 2.00 e. The van der Waals surface area contributed by atoms with Gasteiger partial charge in [-0.2, -0.15) is 0 Å². The summed E-state index contributed by atoms with van der Waals surface area (Å²) in [6, 6.07) is 21.0. The monoisotopic (exact) mass is 1160 g/mol. The number of aryl methyl sites for hydroxylation is 1. The Balaban J connectivity index is 0.00000304. The Hall–Kier alpha value is -3.79. The van der Waals surface area contributed by atoms with E-state index >= 15 is 0 Å². The van der Waals surface area contributed by atoms with Crippen molar-refractivity contribution in [2.24, 2.45) is 9.98 Å². The molecule has 0 saturated heterocycles. The summed E-state index contributed by atoms with van der Waals surface area (Å²) >= 11 is 0. The first-order valence-electron chi connectivity index (χ1n) is 34.7. The zero-order chi connectivity index (χ0) is 58.0. The summed E-state index contributed by atoms with van der Waals surface area (Å²) in [7, 11) is 0. The van der Waals surface area contributed by atoms with Gasteiger partial charge in [-0.15, -0.1) is 11.5 Å². The third-order valence-electron chi connectivity index (χ3n) is 16.0. The van der Waals surface area contributed by atoms with Crippen LogP contribution in [0.4, 0.5) is 11.4 Å². The molecule has 0 heterocycles. The molecule has 0 aliphatic rings. The fraction of sp³-hybridized carbons (Fsp3) is 0.688. The predicted molar refractivity (Wildman–Crippen MR) is 355 cm³/mol. The summed E-state index contributed by atoms with van der Waals surface area (Å²) in [5, 5.41) is 21.0. The van der Waals surface area contributed by atoms with E-state index in [0.29, 0.717) is 0 Å². The van der Waals surface area contributed by atoms with Crippen LogP contribution < -0.4 is 10.2 Å². The Morgan fingerprint density at radius 3 is 0.939 bits per heavy atom. The van der Waals surface area contributed by atoms with Crippen LogP contribution in [-0.4, -0.2) is 11.9 Å². The second-order valence-electron chi connectivity index (χ2n) is 24.0. The van der Waals surface area contributed by atoms with Crippen LogP contribution in [-0.2, 0) is 16.5 Å². The van der Waals surface area contributed by atoms with Crippen molar-refractivity contribution < 1.29 is 26.7 Å². The third-order valence-corrected chi connectivity index (χ3v) is 16.0. The Bertz CT molecular complexity index is 2050. The molecule has 4 nitrogen and oxygen atoms in total. The SMILES string of the molecule is CCCCCCCCCCCCCCCCCCCCCCCCC#Cc1ccc(N=CC(CCCC)=Nc2ccc(C#CCCCCCCCCCCCCCCCCCCCCCCCC)cc2)cc1.Cc1ccc([O-])c([O-])c1.[Ni+2]. The average molecular weight is 1170 g/mol. The second kappa shape index (κ2) is 59.0.